The molecule has 1 unspecified atom stereocenters. The van der Waals surface area contributed by atoms with Gasteiger partial charge in [0, 0.05) is 12.5 Å². The fourth-order valence-electron chi connectivity index (χ4n) is 1.89. The van der Waals surface area contributed by atoms with Crippen LogP contribution in [0.4, 0.5) is 4.39 Å². The number of unbranched alkanes of at least 4 members (excludes halogenated alkanes) is 1. The van der Waals surface area contributed by atoms with E-state index in [1.54, 1.807) is 6.07 Å². The van der Waals surface area contributed by atoms with Crippen LogP contribution in [0.15, 0.2) is 18.2 Å². The first kappa shape index (κ1) is 12.7. The van der Waals surface area contributed by atoms with E-state index in [2.05, 4.69) is 11.2 Å². The van der Waals surface area contributed by atoms with Gasteiger partial charge in [-0.3, -0.25) is 0 Å². The molecule has 0 radical (unpaired) electrons. The van der Waals surface area contributed by atoms with Gasteiger partial charge in [-0.05, 0) is 50.1 Å². The minimum atomic E-state index is -0.181. The maximum atomic E-state index is 13.0. The molecule has 0 fully saturated rings. The van der Waals surface area contributed by atoms with Gasteiger partial charge in [-0.1, -0.05) is 6.07 Å². The Labute approximate surface area is 97.1 Å². The molecule has 1 rings (SSSR count). The van der Waals surface area contributed by atoms with Gasteiger partial charge in [-0.2, -0.15) is 0 Å². The van der Waals surface area contributed by atoms with E-state index < -0.39 is 0 Å². The molecular weight excluding hydrogens is 201 g/mol. The van der Waals surface area contributed by atoms with E-state index in [0.29, 0.717) is 0 Å². The molecule has 2 heteroatoms. The van der Waals surface area contributed by atoms with E-state index in [0.717, 1.165) is 30.4 Å². The first-order chi connectivity index (χ1) is 7.69. The average Bonchev–Trinajstić information content (AvgIpc) is 2.26. The molecule has 1 nitrogen and oxygen atoms in total. The number of aryl methyl sites for hydroxylation is 1. The summed E-state index contributed by atoms with van der Waals surface area (Å²) in [4.78, 5) is 0. The Kier molecular flexibility index (Phi) is 5.01. The van der Waals surface area contributed by atoms with Crippen molar-refractivity contribution in [2.45, 2.75) is 32.2 Å². The van der Waals surface area contributed by atoms with Crippen molar-refractivity contribution >= 4 is 0 Å². The van der Waals surface area contributed by atoms with Crippen molar-refractivity contribution in [1.82, 2.24) is 5.32 Å². The van der Waals surface area contributed by atoms with Gasteiger partial charge in [0.25, 0.3) is 0 Å². The minimum absolute atomic E-state index is 0.181. The Hall–Kier alpha value is -1.33. The second-order valence-electron chi connectivity index (χ2n) is 3.94. The van der Waals surface area contributed by atoms with Crippen LogP contribution in [0.1, 0.15) is 36.4 Å². The summed E-state index contributed by atoms with van der Waals surface area (Å²) >= 11 is 0. The van der Waals surface area contributed by atoms with E-state index >= 15 is 0 Å². The van der Waals surface area contributed by atoms with Crippen LogP contribution in [0, 0.1) is 25.1 Å². The van der Waals surface area contributed by atoms with Crippen molar-refractivity contribution in [3.63, 3.8) is 0 Å². The third-order valence-corrected chi connectivity index (χ3v) is 2.77. The average molecular weight is 219 g/mol. The molecule has 1 atom stereocenters. The molecule has 1 N–H and O–H groups in total. The van der Waals surface area contributed by atoms with Crippen molar-refractivity contribution in [2.24, 2.45) is 0 Å². The lowest BCUT2D eigenvalue weighted by atomic mass is 9.97. The number of nitrogens with one attached hydrogen (secondary N) is 1. The van der Waals surface area contributed by atoms with Gasteiger partial charge in [-0.15, -0.1) is 12.3 Å². The highest BCUT2D eigenvalue weighted by molar-refractivity contribution is 5.29. The van der Waals surface area contributed by atoms with Gasteiger partial charge < -0.3 is 5.32 Å². The summed E-state index contributed by atoms with van der Waals surface area (Å²) < 4.78 is 13.0. The maximum absolute atomic E-state index is 13.0. The third-order valence-electron chi connectivity index (χ3n) is 2.77. The van der Waals surface area contributed by atoms with E-state index in [1.807, 2.05) is 20.0 Å². The number of halogens is 1. The monoisotopic (exact) mass is 219 g/mol. The predicted octanol–water partition coefficient (Wildman–Crippen LogP) is 3.20. The van der Waals surface area contributed by atoms with Gasteiger partial charge in [0.05, 0.1) is 0 Å². The molecule has 0 bridgehead atoms. The van der Waals surface area contributed by atoms with Crippen molar-refractivity contribution < 1.29 is 4.39 Å². The zero-order valence-electron chi connectivity index (χ0n) is 9.89. The van der Waals surface area contributed by atoms with Crippen LogP contribution in [-0.2, 0) is 0 Å². The molecule has 0 heterocycles. The van der Waals surface area contributed by atoms with Gasteiger partial charge in [-0.25, -0.2) is 4.39 Å². The molecule has 1 aromatic carbocycles. The molecule has 0 aliphatic heterocycles. The molecule has 0 amide bonds. The second kappa shape index (κ2) is 6.30. The molecular formula is C14H18FN. The lowest BCUT2D eigenvalue weighted by Crippen LogP contribution is -2.17. The highest BCUT2D eigenvalue weighted by atomic mass is 19.1. The van der Waals surface area contributed by atoms with E-state index in [1.165, 1.54) is 6.07 Å². The van der Waals surface area contributed by atoms with Gasteiger partial charge >= 0.3 is 0 Å². The molecule has 0 saturated heterocycles. The minimum Gasteiger partial charge on any atom is -0.313 e. The molecule has 0 aliphatic rings. The Morgan fingerprint density at radius 3 is 2.81 bits per heavy atom. The zero-order chi connectivity index (χ0) is 12.0. The van der Waals surface area contributed by atoms with Crippen LogP contribution in [0.3, 0.4) is 0 Å². The summed E-state index contributed by atoms with van der Waals surface area (Å²) in [5.41, 5.74) is 2.14. The van der Waals surface area contributed by atoms with Crippen LogP contribution >= 0.6 is 0 Å². The maximum Gasteiger partial charge on any atom is 0.123 e. The van der Waals surface area contributed by atoms with Crippen LogP contribution in [-0.4, -0.2) is 7.05 Å². The SMILES string of the molecule is C#CCCCC(NC)c1ccc(F)cc1C. The van der Waals surface area contributed by atoms with Crippen LogP contribution < -0.4 is 5.32 Å². The van der Waals surface area contributed by atoms with E-state index in [-0.39, 0.29) is 11.9 Å². The molecule has 1 aromatic rings. The number of rotatable bonds is 5. The van der Waals surface area contributed by atoms with Crippen molar-refractivity contribution in [2.75, 3.05) is 7.05 Å². The number of terminal acetylenes is 1. The van der Waals surface area contributed by atoms with Crippen LogP contribution in [0.2, 0.25) is 0 Å². The first-order valence-corrected chi connectivity index (χ1v) is 5.55. The summed E-state index contributed by atoms with van der Waals surface area (Å²) in [7, 11) is 1.92. The first-order valence-electron chi connectivity index (χ1n) is 5.55. The standard InChI is InChI=1S/C14H18FN/c1-4-5-6-7-14(16-3)13-9-8-12(15)10-11(13)2/h1,8-10,14,16H,5-7H2,2-3H3. The Morgan fingerprint density at radius 1 is 1.50 bits per heavy atom. The number of hydrogen-bond acceptors (Lipinski definition) is 1. The lowest BCUT2D eigenvalue weighted by molar-refractivity contribution is 0.527. The third kappa shape index (κ3) is 3.36. The largest absolute Gasteiger partial charge is 0.313 e. The summed E-state index contributed by atoms with van der Waals surface area (Å²) in [6, 6.07) is 5.19. The van der Waals surface area contributed by atoms with Crippen molar-refractivity contribution in [3.8, 4) is 12.3 Å². The Bertz CT molecular complexity index is 379. The van der Waals surface area contributed by atoms with Crippen LogP contribution in [0.5, 0.6) is 0 Å². The Balaban J connectivity index is 2.75. The normalized spacial score (nSPS) is 12.1. The molecule has 0 saturated carbocycles. The molecule has 0 aliphatic carbocycles. The smallest absolute Gasteiger partial charge is 0.123 e. The quantitative estimate of drug-likeness (QED) is 0.592. The Morgan fingerprint density at radius 2 is 2.25 bits per heavy atom. The van der Waals surface area contributed by atoms with E-state index in [4.69, 9.17) is 6.42 Å². The van der Waals surface area contributed by atoms with Gasteiger partial charge in [0.2, 0.25) is 0 Å². The number of hydrogen-bond donors (Lipinski definition) is 1. The molecule has 0 aromatic heterocycles. The molecule has 16 heavy (non-hydrogen) atoms. The lowest BCUT2D eigenvalue weighted by Gasteiger charge is -2.18. The highest BCUT2D eigenvalue weighted by Gasteiger charge is 2.11. The molecule has 86 valence electrons. The van der Waals surface area contributed by atoms with Gasteiger partial charge in [0.1, 0.15) is 5.82 Å². The fraction of sp³-hybridized carbons (Fsp3) is 0.429. The summed E-state index contributed by atoms with van der Waals surface area (Å²) in [6.07, 6.45) is 7.98. The fourth-order valence-corrected chi connectivity index (χ4v) is 1.89. The van der Waals surface area contributed by atoms with E-state index in [9.17, 15) is 4.39 Å². The van der Waals surface area contributed by atoms with Gasteiger partial charge in [0.15, 0.2) is 0 Å². The van der Waals surface area contributed by atoms with Crippen molar-refractivity contribution in [1.29, 1.82) is 0 Å². The topological polar surface area (TPSA) is 12.0 Å². The zero-order valence-corrected chi connectivity index (χ0v) is 9.89. The van der Waals surface area contributed by atoms with Crippen molar-refractivity contribution in [3.05, 3.63) is 35.1 Å². The number of benzene rings is 1. The molecule has 0 spiro atoms. The summed E-state index contributed by atoms with van der Waals surface area (Å²) in [6.45, 7) is 1.93. The summed E-state index contributed by atoms with van der Waals surface area (Å²) in [5.74, 6) is 2.45. The predicted molar refractivity (Wildman–Crippen MR) is 65.6 cm³/mol. The van der Waals surface area contributed by atoms with Crippen LogP contribution in [0.25, 0.3) is 0 Å². The highest BCUT2D eigenvalue weighted by Crippen LogP contribution is 2.22. The second-order valence-corrected chi connectivity index (χ2v) is 3.94. The summed E-state index contributed by atoms with van der Waals surface area (Å²) in [5, 5.41) is 3.25.